The molecule has 2 aliphatic rings. The van der Waals surface area contributed by atoms with Gasteiger partial charge in [0.15, 0.2) is 0 Å². The summed E-state index contributed by atoms with van der Waals surface area (Å²) in [5.74, 6) is 2.32. The third kappa shape index (κ3) is 4.14. The number of pyridine rings is 1. The Labute approximate surface area is 153 Å². The Morgan fingerprint density at radius 2 is 2.00 bits per heavy atom. The minimum atomic E-state index is -0.0367. The summed E-state index contributed by atoms with van der Waals surface area (Å²) >= 11 is 0. The molecule has 2 atom stereocenters. The van der Waals surface area contributed by atoms with E-state index in [4.69, 9.17) is 0 Å². The van der Waals surface area contributed by atoms with Crippen LogP contribution in [0.5, 0.6) is 0 Å². The van der Waals surface area contributed by atoms with Crippen molar-refractivity contribution >= 4 is 12.0 Å². The van der Waals surface area contributed by atoms with Crippen LogP contribution in [0.25, 0.3) is 6.08 Å². The molecule has 1 saturated carbocycles. The number of likely N-dealkylation sites (tertiary alicyclic amines) is 1. The Kier molecular flexibility index (Phi) is 5.02. The molecule has 134 valence electrons. The number of hydrogen-bond acceptors (Lipinski definition) is 5. The van der Waals surface area contributed by atoms with Crippen molar-refractivity contribution in [1.82, 2.24) is 25.2 Å². The zero-order valence-electron chi connectivity index (χ0n) is 14.7. The molecule has 0 spiro atoms. The highest BCUT2D eigenvalue weighted by atomic mass is 16.1. The number of rotatable bonds is 7. The van der Waals surface area contributed by atoms with Gasteiger partial charge < -0.3 is 5.32 Å². The van der Waals surface area contributed by atoms with E-state index in [1.54, 1.807) is 30.9 Å². The summed E-state index contributed by atoms with van der Waals surface area (Å²) in [6, 6.07) is 3.78. The van der Waals surface area contributed by atoms with Crippen LogP contribution in [0.4, 0.5) is 0 Å². The largest absolute Gasteiger partial charge is 0.353 e. The molecule has 6 heteroatoms. The smallest absolute Gasteiger partial charge is 0.244 e. The van der Waals surface area contributed by atoms with Gasteiger partial charge >= 0.3 is 0 Å². The molecule has 1 N–H and O–H groups in total. The Hall–Kier alpha value is -2.60. The fraction of sp³-hybridized carbons (Fsp3) is 0.400. The molecule has 2 unspecified atom stereocenters. The van der Waals surface area contributed by atoms with Crippen LogP contribution < -0.4 is 5.32 Å². The van der Waals surface area contributed by atoms with E-state index in [0.717, 1.165) is 55.9 Å². The van der Waals surface area contributed by atoms with Gasteiger partial charge in [0, 0.05) is 62.6 Å². The first-order chi connectivity index (χ1) is 12.8. The van der Waals surface area contributed by atoms with E-state index in [1.807, 2.05) is 24.5 Å². The van der Waals surface area contributed by atoms with Gasteiger partial charge in [0.05, 0.1) is 0 Å². The first-order valence-corrected chi connectivity index (χ1v) is 9.12. The lowest BCUT2D eigenvalue weighted by atomic mass is 10.2. The Balaban J connectivity index is 1.14. The number of amides is 1. The summed E-state index contributed by atoms with van der Waals surface area (Å²) in [6.07, 6.45) is 13.3. The molecule has 6 nitrogen and oxygen atoms in total. The first kappa shape index (κ1) is 16.8. The summed E-state index contributed by atoms with van der Waals surface area (Å²) in [4.78, 5) is 26.5. The molecule has 4 rings (SSSR count). The van der Waals surface area contributed by atoms with Gasteiger partial charge in [-0.3, -0.25) is 14.7 Å². The van der Waals surface area contributed by atoms with Gasteiger partial charge in [0.1, 0.15) is 6.33 Å². The standard InChI is InChI=1S/C20H23N5O/c26-20(4-3-15-2-1-6-21-8-15)24-7-5-17-18-12-25(13-19(17)18)11-16-9-22-14-23-10-16/h1-4,6,8-10,14,17-19H,5,7,11-13H2,(H,24,26)/b4-3+. The van der Waals surface area contributed by atoms with Crippen LogP contribution in [0, 0.1) is 17.8 Å². The van der Waals surface area contributed by atoms with Crippen molar-refractivity contribution in [1.29, 1.82) is 0 Å². The quantitative estimate of drug-likeness (QED) is 0.772. The molecular weight excluding hydrogens is 326 g/mol. The van der Waals surface area contributed by atoms with Crippen molar-refractivity contribution in [3.63, 3.8) is 0 Å². The van der Waals surface area contributed by atoms with Crippen LogP contribution in [0.1, 0.15) is 17.5 Å². The van der Waals surface area contributed by atoms with E-state index in [1.165, 1.54) is 5.56 Å². The van der Waals surface area contributed by atoms with E-state index in [9.17, 15) is 4.79 Å². The van der Waals surface area contributed by atoms with Gasteiger partial charge in [-0.05, 0) is 41.9 Å². The molecule has 0 bridgehead atoms. The Morgan fingerprint density at radius 3 is 2.73 bits per heavy atom. The lowest BCUT2D eigenvalue weighted by molar-refractivity contribution is -0.116. The number of nitrogens with one attached hydrogen (secondary N) is 1. The van der Waals surface area contributed by atoms with Crippen molar-refractivity contribution in [2.45, 2.75) is 13.0 Å². The second-order valence-electron chi connectivity index (χ2n) is 7.13. The number of hydrogen-bond donors (Lipinski definition) is 1. The van der Waals surface area contributed by atoms with Gasteiger partial charge in [0.2, 0.25) is 5.91 Å². The first-order valence-electron chi connectivity index (χ1n) is 9.12. The zero-order chi connectivity index (χ0) is 17.8. The highest BCUT2D eigenvalue weighted by Crippen LogP contribution is 2.53. The molecule has 2 fully saturated rings. The number of carbonyl (C=O) groups excluding carboxylic acids is 1. The molecule has 1 saturated heterocycles. The van der Waals surface area contributed by atoms with Crippen molar-refractivity contribution < 1.29 is 4.79 Å². The minimum Gasteiger partial charge on any atom is -0.353 e. The van der Waals surface area contributed by atoms with Gasteiger partial charge in [-0.25, -0.2) is 9.97 Å². The molecular formula is C20H23N5O. The van der Waals surface area contributed by atoms with Crippen molar-refractivity contribution in [3.05, 3.63) is 60.5 Å². The van der Waals surface area contributed by atoms with Crippen LogP contribution in [0.2, 0.25) is 0 Å². The maximum atomic E-state index is 11.9. The molecule has 26 heavy (non-hydrogen) atoms. The van der Waals surface area contributed by atoms with Crippen molar-refractivity contribution in [3.8, 4) is 0 Å². The van der Waals surface area contributed by atoms with Gasteiger partial charge in [-0.2, -0.15) is 0 Å². The van der Waals surface area contributed by atoms with Crippen LogP contribution in [-0.4, -0.2) is 45.4 Å². The maximum Gasteiger partial charge on any atom is 0.244 e. The monoisotopic (exact) mass is 349 g/mol. The SMILES string of the molecule is O=C(/C=C/c1cccnc1)NCCC1C2CN(Cc3cncnc3)CC12. The number of piperidine rings is 1. The molecule has 2 aromatic heterocycles. The van der Waals surface area contributed by atoms with Crippen LogP contribution in [-0.2, 0) is 11.3 Å². The number of carbonyl (C=O) groups is 1. The molecule has 1 aliphatic carbocycles. The third-order valence-corrected chi connectivity index (χ3v) is 5.36. The Morgan fingerprint density at radius 1 is 1.19 bits per heavy atom. The molecule has 1 aliphatic heterocycles. The van der Waals surface area contributed by atoms with E-state index >= 15 is 0 Å². The zero-order valence-corrected chi connectivity index (χ0v) is 14.7. The normalized spacial score (nSPS) is 24.5. The summed E-state index contributed by atoms with van der Waals surface area (Å²) in [6.45, 7) is 4.00. The fourth-order valence-corrected chi connectivity index (χ4v) is 4.03. The van der Waals surface area contributed by atoms with E-state index in [-0.39, 0.29) is 5.91 Å². The molecule has 1 amide bonds. The number of fused-ring (bicyclic) bond motifs is 1. The van der Waals surface area contributed by atoms with Gasteiger partial charge in [0.25, 0.3) is 0 Å². The lowest BCUT2D eigenvalue weighted by Gasteiger charge is -2.19. The van der Waals surface area contributed by atoms with Gasteiger partial charge in [-0.1, -0.05) is 6.07 Å². The van der Waals surface area contributed by atoms with Crippen molar-refractivity contribution in [2.24, 2.45) is 17.8 Å². The number of nitrogens with zero attached hydrogens (tertiary/aromatic N) is 4. The fourth-order valence-electron chi connectivity index (χ4n) is 4.03. The predicted octanol–water partition coefficient (Wildman–Crippen LogP) is 1.77. The number of aromatic nitrogens is 3. The Bertz CT molecular complexity index is 752. The second kappa shape index (κ2) is 7.74. The van der Waals surface area contributed by atoms with E-state index < -0.39 is 0 Å². The molecule has 0 aromatic carbocycles. The van der Waals surface area contributed by atoms with Crippen LogP contribution >= 0.6 is 0 Å². The maximum absolute atomic E-state index is 11.9. The van der Waals surface area contributed by atoms with Crippen LogP contribution in [0.3, 0.4) is 0 Å². The lowest BCUT2D eigenvalue weighted by Crippen LogP contribution is -2.26. The topological polar surface area (TPSA) is 71.0 Å². The highest BCUT2D eigenvalue weighted by Gasteiger charge is 2.54. The molecule has 2 aromatic rings. The summed E-state index contributed by atoms with van der Waals surface area (Å²) < 4.78 is 0. The second-order valence-corrected chi connectivity index (χ2v) is 7.13. The summed E-state index contributed by atoms with van der Waals surface area (Å²) in [5, 5.41) is 2.99. The van der Waals surface area contributed by atoms with E-state index in [0.29, 0.717) is 0 Å². The third-order valence-electron chi connectivity index (χ3n) is 5.36. The van der Waals surface area contributed by atoms with Gasteiger partial charge in [-0.15, -0.1) is 0 Å². The predicted molar refractivity (Wildman–Crippen MR) is 98.7 cm³/mol. The van der Waals surface area contributed by atoms with E-state index in [2.05, 4.69) is 25.2 Å². The van der Waals surface area contributed by atoms with Crippen molar-refractivity contribution in [2.75, 3.05) is 19.6 Å². The summed E-state index contributed by atoms with van der Waals surface area (Å²) in [5.41, 5.74) is 2.11. The molecule has 0 radical (unpaired) electrons. The average molecular weight is 349 g/mol. The summed E-state index contributed by atoms with van der Waals surface area (Å²) in [7, 11) is 0. The average Bonchev–Trinajstić information content (AvgIpc) is 3.12. The molecule has 3 heterocycles. The van der Waals surface area contributed by atoms with Crippen LogP contribution in [0.15, 0.2) is 49.3 Å². The minimum absolute atomic E-state index is 0.0367. The highest BCUT2D eigenvalue weighted by molar-refractivity contribution is 5.91.